The van der Waals surface area contributed by atoms with Crippen LogP contribution in [0, 0.1) is 0 Å². The van der Waals surface area contributed by atoms with Crippen LogP contribution in [-0.4, -0.2) is 40.6 Å². The molecule has 0 aliphatic carbocycles. The number of fused-ring (bicyclic) bond motifs is 1. The normalized spacial score (nSPS) is 15.7. The standard InChI is InChI=1S/C24H26N2O4.ClH/c27-23-19-10-4-5-11-21(19)30-24(28)22(23)20(17-8-2-1-3-9-17)16-18(25-29)12-15-26-13-6-7-14-26;/h1-5,8-11,20,27,29H,6-7,12-16H2;1H/b25-18-;. The van der Waals surface area contributed by atoms with E-state index in [2.05, 4.69) is 10.1 Å². The number of para-hydroxylation sites is 1. The molecule has 0 saturated carbocycles. The van der Waals surface area contributed by atoms with Gasteiger partial charge in [0.15, 0.2) is 0 Å². The molecular formula is C24H27ClN2O4. The van der Waals surface area contributed by atoms with Crippen molar-refractivity contribution < 1.29 is 14.7 Å². The van der Waals surface area contributed by atoms with Crippen LogP contribution < -0.4 is 5.63 Å². The average Bonchev–Trinajstić information content (AvgIpc) is 3.29. The first kappa shape index (κ1) is 22.8. The van der Waals surface area contributed by atoms with Crippen LogP contribution in [0.25, 0.3) is 11.0 Å². The van der Waals surface area contributed by atoms with E-state index in [1.54, 1.807) is 24.3 Å². The third-order valence-electron chi connectivity index (χ3n) is 5.87. The Morgan fingerprint density at radius 2 is 1.74 bits per heavy atom. The van der Waals surface area contributed by atoms with E-state index in [9.17, 15) is 15.1 Å². The second kappa shape index (κ2) is 10.5. The van der Waals surface area contributed by atoms with Crippen LogP contribution in [0.1, 0.15) is 42.7 Å². The quantitative estimate of drug-likeness (QED) is 0.238. The molecule has 1 unspecified atom stereocenters. The predicted molar refractivity (Wildman–Crippen MR) is 124 cm³/mol. The molecule has 0 amide bonds. The lowest BCUT2D eigenvalue weighted by Gasteiger charge is -2.20. The third kappa shape index (κ3) is 5.09. The molecule has 1 fully saturated rings. The summed E-state index contributed by atoms with van der Waals surface area (Å²) in [4.78, 5) is 15.2. The fraction of sp³-hybridized carbons (Fsp3) is 0.333. The molecule has 0 bridgehead atoms. The van der Waals surface area contributed by atoms with Gasteiger partial charge < -0.3 is 19.6 Å². The highest BCUT2D eigenvalue weighted by Crippen LogP contribution is 2.36. The fourth-order valence-electron chi connectivity index (χ4n) is 4.25. The van der Waals surface area contributed by atoms with E-state index >= 15 is 0 Å². The minimum absolute atomic E-state index is 0. The van der Waals surface area contributed by atoms with Crippen molar-refractivity contribution in [2.75, 3.05) is 19.6 Å². The lowest BCUT2D eigenvalue weighted by atomic mass is 9.86. The van der Waals surface area contributed by atoms with Gasteiger partial charge in [-0.1, -0.05) is 47.6 Å². The molecular weight excluding hydrogens is 416 g/mol. The molecule has 1 aliphatic rings. The molecule has 0 radical (unpaired) electrons. The van der Waals surface area contributed by atoms with E-state index in [4.69, 9.17) is 4.42 Å². The van der Waals surface area contributed by atoms with E-state index in [0.717, 1.165) is 25.2 Å². The van der Waals surface area contributed by atoms with Gasteiger partial charge in [-0.2, -0.15) is 0 Å². The number of hydrogen-bond donors (Lipinski definition) is 2. The smallest absolute Gasteiger partial charge is 0.343 e. The Morgan fingerprint density at radius 1 is 1.06 bits per heavy atom. The van der Waals surface area contributed by atoms with Crippen LogP contribution in [0.2, 0.25) is 0 Å². The summed E-state index contributed by atoms with van der Waals surface area (Å²) in [6.07, 6.45) is 3.33. The first-order valence-electron chi connectivity index (χ1n) is 10.4. The maximum Gasteiger partial charge on any atom is 0.343 e. The lowest BCUT2D eigenvalue weighted by Crippen LogP contribution is -2.24. The summed E-state index contributed by atoms with van der Waals surface area (Å²) in [5.41, 5.74) is 1.43. The van der Waals surface area contributed by atoms with Crippen LogP contribution in [-0.2, 0) is 0 Å². The van der Waals surface area contributed by atoms with Crippen molar-refractivity contribution in [1.29, 1.82) is 0 Å². The van der Waals surface area contributed by atoms with E-state index in [0.29, 0.717) is 29.5 Å². The lowest BCUT2D eigenvalue weighted by molar-refractivity contribution is 0.310. The monoisotopic (exact) mass is 442 g/mol. The number of hydrogen-bond acceptors (Lipinski definition) is 6. The molecule has 1 saturated heterocycles. The molecule has 7 heteroatoms. The van der Waals surface area contributed by atoms with Crippen molar-refractivity contribution in [3.05, 3.63) is 76.1 Å². The summed E-state index contributed by atoms with van der Waals surface area (Å²) in [5, 5.41) is 24.7. The summed E-state index contributed by atoms with van der Waals surface area (Å²) in [7, 11) is 0. The van der Waals surface area contributed by atoms with Crippen LogP contribution in [0.5, 0.6) is 5.75 Å². The van der Waals surface area contributed by atoms with E-state index in [-0.39, 0.29) is 23.7 Å². The molecule has 2 aromatic carbocycles. The minimum Gasteiger partial charge on any atom is -0.507 e. The second-order valence-corrected chi connectivity index (χ2v) is 7.78. The Kier molecular flexibility index (Phi) is 7.71. The Bertz CT molecular complexity index is 1090. The topological polar surface area (TPSA) is 86.3 Å². The van der Waals surface area contributed by atoms with Gasteiger partial charge in [-0.25, -0.2) is 4.79 Å². The van der Waals surface area contributed by atoms with Gasteiger partial charge in [-0.15, -0.1) is 12.4 Å². The maximum atomic E-state index is 12.9. The largest absolute Gasteiger partial charge is 0.507 e. The third-order valence-corrected chi connectivity index (χ3v) is 5.87. The predicted octanol–water partition coefficient (Wildman–Crippen LogP) is 4.76. The molecule has 1 atom stereocenters. The van der Waals surface area contributed by atoms with Crippen molar-refractivity contribution >= 4 is 29.1 Å². The van der Waals surface area contributed by atoms with Gasteiger partial charge in [-0.3, -0.25) is 0 Å². The van der Waals surface area contributed by atoms with Crippen molar-refractivity contribution in [2.45, 2.75) is 31.6 Å². The van der Waals surface area contributed by atoms with E-state index < -0.39 is 11.5 Å². The van der Waals surface area contributed by atoms with Gasteiger partial charge in [-0.05, 0) is 43.6 Å². The number of oxime groups is 1. The molecule has 3 aromatic rings. The van der Waals surface area contributed by atoms with Crippen molar-refractivity contribution in [2.24, 2.45) is 5.16 Å². The van der Waals surface area contributed by atoms with E-state index in [1.165, 1.54) is 12.8 Å². The van der Waals surface area contributed by atoms with Crippen LogP contribution in [0.15, 0.2) is 69.0 Å². The molecule has 2 heterocycles. The van der Waals surface area contributed by atoms with Gasteiger partial charge in [0.1, 0.15) is 11.3 Å². The SMILES string of the molecule is Cl.O=c1oc2ccccc2c(O)c1C(C/C(CCN1CCCC1)=N\O)c1ccccc1. The summed E-state index contributed by atoms with van der Waals surface area (Å²) in [6, 6.07) is 16.4. The highest BCUT2D eigenvalue weighted by Gasteiger charge is 2.26. The molecule has 6 nitrogen and oxygen atoms in total. The first-order valence-corrected chi connectivity index (χ1v) is 10.4. The Balaban J connectivity index is 0.00000272. The van der Waals surface area contributed by atoms with Gasteiger partial charge in [0.2, 0.25) is 0 Å². The summed E-state index contributed by atoms with van der Waals surface area (Å²) in [6.45, 7) is 2.95. The molecule has 164 valence electrons. The van der Waals surface area contributed by atoms with Crippen molar-refractivity contribution in [1.82, 2.24) is 4.90 Å². The van der Waals surface area contributed by atoms with Gasteiger partial charge in [0, 0.05) is 25.3 Å². The van der Waals surface area contributed by atoms with Crippen LogP contribution in [0.3, 0.4) is 0 Å². The zero-order valence-corrected chi connectivity index (χ0v) is 18.1. The zero-order chi connectivity index (χ0) is 20.9. The number of aromatic hydroxyl groups is 1. The Hall–Kier alpha value is -2.83. The summed E-state index contributed by atoms with van der Waals surface area (Å²) < 4.78 is 5.51. The van der Waals surface area contributed by atoms with Crippen molar-refractivity contribution in [3.8, 4) is 5.75 Å². The highest BCUT2D eigenvalue weighted by atomic mass is 35.5. The number of nitrogens with zero attached hydrogens (tertiary/aromatic N) is 2. The van der Waals surface area contributed by atoms with Gasteiger partial charge >= 0.3 is 5.63 Å². The first-order chi connectivity index (χ1) is 14.7. The Morgan fingerprint density at radius 3 is 2.45 bits per heavy atom. The highest BCUT2D eigenvalue weighted by molar-refractivity contribution is 5.87. The fourth-order valence-corrected chi connectivity index (χ4v) is 4.25. The molecule has 0 spiro atoms. The van der Waals surface area contributed by atoms with Gasteiger partial charge in [0.25, 0.3) is 0 Å². The number of benzene rings is 2. The molecule has 2 N–H and O–H groups in total. The van der Waals surface area contributed by atoms with Crippen LogP contribution in [0.4, 0.5) is 0 Å². The second-order valence-electron chi connectivity index (χ2n) is 7.78. The zero-order valence-electron chi connectivity index (χ0n) is 17.2. The minimum atomic E-state index is -0.572. The number of likely N-dealkylation sites (tertiary alicyclic amines) is 1. The van der Waals surface area contributed by atoms with E-state index in [1.807, 2.05) is 30.3 Å². The number of rotatable bonds is 7. The summed E-state index contributed by atoms with van der Waals surface area (Å²) in [5.74, 6) is -0.552. The molecule has 4 rings (SSSR count). The molecule has 1 aromatic heterocycles. The molecule has 1 aliphatic heterocycles. The Labute approximate surface area is 187 Å². The maximum absolute atomic E-state index is 12.9. The molecule has 31 heavy (non-hydrogen) atoms. The van der Waals surface area contributed by atoms with Gasteiger partial charge in [0.05, 0.1) is 16.7 Å². The number of halogens is 1. The van der Waals surface area contributed by atoms with Crippen molar-refractivity contribution in [3.63, 3.8) is 0 Å². The average molecular weight is 443 g/mol. The van der Waals surface area contributed by atoms with Crippen LogP contribution >= 0.6 is 12.4 Å². The summed E-state index contributed by atoms with van der Waals surface area (Å²) >= 11 is 0.